The maximum atomic E-state index is 13.2. The summed E-state index contributed by atoms with van der Waals surface area (Å²) in [6.45, 7) is 3.95. The van der Waals surface area contributed by atoms with E-state index in [9.17, 15) is 9.90 Å². The molecule has 0 radical (unpaired) electrons. The SMILES string of the molecule is Cc1ccc(C(=O)C(O)(c2ccccc2)c2ccc(C)cc2)cc1. The minimum atomic E-state index is -1.70. The molecule has 3 aromatic carbocycles. The standard InChI is InChI=1S/C22H20O2/c1-16-8-12-18(13-9-16)21(23)22(24,19-6-4-3-5-7-19)20-14-10-17(2)11-15-20/h3-15,24H,1-2H3. The van der Waals surface area contributed by atoms with E-state index in [1.54, 1.807) is 24.3 Å². The Hall–Kier alpha value is -2.71. The molecule has 2 heteroatoms. The van der Waals surface area contributed by atoms with Gasteiger partial charge in [0, 0.05) is 5.56 Å². The largest absolute Gasteiger partial charge is 0.373 e. The summed E-state index contributed by atoms with van der Waals surface area (Å²) < 4.78 is 0. The second-order valence-corrected chi connectivity index (χ2v) is 6.14. The van der Waals surface area contributed by atoms with E-state index in [-0.39, 0.29) is 5.78 Å². The van der Waals surface area contributed by atoms with Gasteiger partial charge in [-0.1, -0.05) is 90.0 Å². The third kappa shape index (κ3) is 2.89. The van der Waals surface area contributed by atoms with Gasteiger partial charge in [-0.3, -0.25) is 4.79 Å². The van der Waals surface area contributed by atoms with Crippen LogP contribution in [0.1, 0.15) is 32.6 Å². The summed E-state index contributed by atoms with van der Waals surface area (Å²) in [7, 11) is 0. The molecule has 0 heterocycles. The van der Waals surface area contributed by atoms with Crippen LogP contribution in [0.25, 0.3) is 0 Å². The Morgan fingerprint density at radius 2 is 1.17 bits per heavy atom. The molecule has 3 rings (SSSR count). The van der Waals surface area contributed by atoms with Crippen LogP contribution in [0.15, 0.2) is 78.9 Å². The Morgan fingerprint density at radius 3 is 1.71 bits per heavy atom. The van der Waals surface area contributed by atoms with E-state index in [4.69, 9.17) is 0 Å². The molecular formula is C22H20O2. The van der Waals surface area contributed by atoms with Gasteiger partial charge in [0.2, 0.25) is 5.78 Å². The van der Waals surface area contributed by atoms with Crippen LogP contribution in [0.3, 0.4) is 0 Å². The summed E-state index contributed by atoms with van der Waals surface area (Å²) in [4.78, 5) is 13.2. The van der Waals surface area contributed by atoms with E-state index in [1.807, 2.05) is 68.4 Å². The summed E-state index contributed by atoms with van der Waals surface area (Å²) >= 11 is 0. The number of aryl methyl sites for hydroxylation is 2. The average molecular weight is 316 g/mol. The van der Waals surface area contributed by atoms with Crippen molar-refractivity contribution in [3.63, 3.8) is 0 Å². The fourth-order valence-corrected chi connectivity index (χ4v) is 2.82. The van der Waals surface area contributed by atoms with Gasteiger partial charge in [0.1, 0.15) is 0 Å². The van der Waals surface area contributed by atoms with Gasteiger partial charge in [-0.05, 0) is 25.0 Å². The first-order valence-electron chi connectivity index (χ1n) is 7.98. The lowest BCUT2D eigenvalue weighted by Gasteiger charge is -2.28. The summed E-state index contributed by atoms with van der Waals surface area (Å²) in [6.07, 6.45) is 0. The van der Waals surface area contributed by atoms with Crippen molar-refractivity contribution >= 4 is 5.78 Å². The Morgan fingerprint density at radius 1 is 0.708 bits per heavy atom. The molecule has 0 aliphatic rings. The van der Waals surface area contributed by atoms with Crippen LogP contribution in [0, 0.1) is 13.8 Å². The first kappa shape index (κ1) is 16.2. The van der Waals surface area contributed by atoms with Crippen molar-refractivity contribution in [1.82, 2.24) is 0 Å². The predicted octanol–water partition coefficient (Wildman–Crippen LogP) is 4.42. The maximum Gasteiger partial charge on any atom is 0.203 e. The molecule has 24 heavy (non-hydrogen) atoms. The van der Waals surface area contributed by atoms with E-state index in [0.717, 1.165) is 11.1 Å². The van der Waals surface area contributed by atoms with Gasteiger partial charge in [-0.25, -0.2) is 0 Å². The molecular weight excluding hydrogens is 296 g/mol. The van der Waals surface area contributed by atoms with E-state index in [2.05, 4.69) is 0 Å². The van der Waals surface area contributed by atoms with Crippen LogP contribution < -0.4 is 0 Å². The van der Waals surface area contributed by atoms with Crippen molar-refractivity contribution in [2.45, 2.75) is 19.4 Å². The van der Waals surface area contributed by atoms with Gasteiger partial charge in [0.15, 0.2) is 5.60 Å². The van der Waals surface area contributed by atoms with Crippen molar-refractivity contribution in [3.05, 3.63) is 107 Å². The lowest BCUT2D eigenvalue weighted by molar-refractivity contribution is 0.0488. The first-order valence-corrected chi connectivity index (χ1v) is 7.98. The van der Waals surface area contributed by atoms with Crippen molar-refractivity contribution in [2.75, 3.05) is 0 Å². The molecule has 0 aromatic heterocycles. The zero-order valence-electron chi connectivity index (χ0n) is 13.9. The number of benzene rings is 3. The quantitative estimate of drug-likeness (QED) is 0.723. The first-order chi connectivity index (χ1) is 11.5. The van der Waals surface area contributed by atoms with Crippen LogP contribution in [0.4, 0.5) is 0 Å². The predicted molar refractivity (Wildman–Crippen MR) is 96.1 cm³/mol. The van der Waals surface area contributed by atoms with Crippen LogP contribution in [-0.2, 0) is 5.60 Å². The molecule has 0 amide bonds. The minimum Gasteiger partial charge on any atom is -0.373 e. The van der Waals surface area contributed by atoms with Crippen molar-refractivity contribution in [2.24, 2.45) is 0 Å². The molecule has 0 saturated carbocycles. The summed E-state index contributed by atoms with van der Waals surface area (Å²) in [5.74, 6) is -0.322. The highest BCUT2D eigenvalue weighted by Gasteiger charge is 2.40. The number of hydrogen-bond donors (Lipinski definition) is 1. The summed E-state index contributed by atoms with van der Waals surface area (Å²) in [5.41, 5.74) is 2.09. The Labute approximate surface area is 142 Å². The molecule has 0 bridgehead atoms. The highest BCUT2D eigenvalue weighted by atomic mass is 16.3. The average Bonchev–Trinajstić information content (AvgIpc) is 2.62. The fraction of sp³-hybridized carbons (Fsp3) is 0.136. The third-order valence-electron chi connectivity index (χ3n) is 4.30. The Bertz CT molecular complexity index is 833. The van der Waals surface area contributed by atoms with Crippen LogP contribution in [0.5, 0.6) is 0 Å². The number of carbonyl (C=O) groups excluding carboxylic acids is 1. The number of Topliss-reactive ketones (excluding diaryl/α,β-unsaturated/α-hetero) is 1. The molecule has 120 valence electrons. The Kier molecular flexibility index (Phi) is 4.32. The molecule has 1 N–H and O–H groups in total. The smallest absolute Gasteiger partial charge is 0.203 e. The van der Waals surface area contributed by atoms with E-state index < -0.39 is 5.60 Å². The maximum absolute atomic E-state index is 13.2. The number of ketones is 1. The minimum absolute atomic E-state index is 0.322. The van der Waals surface area contributed by atoms with Gasteiger partial charge in [0.25, 0.3) is 0 Å². The molecule has 2 nitrogen and oxygen atoms in total. The topological polar surface area (TPSA) is 37.3 Å². The molecule has 0 aliphatic carbocycles. The monoisotopic (exact) mass is 316 g/mol. The molecule has 3 aromatic rings. The van der Waals surface area contributed by atoms with E-state index >= 15 is 0 Å². The van der Waals surface area contributed by atoms with Crippen LogP contribution in [0.2, 0.25) is 0 Å². The molecule has 1 atom stereocenters. The lowest BCUT2D eigenvalue weighted by atomic mass is 9.80. The molecule has 0 spiro atoms. The van der Waals surface area contributed by atoms with Gasteiger partial charge in [-0.2, -0.15) is 0 Å². The number of aliphatic hydroxyl groups is 1. The van der Waals surface area contributed by atoms with Gasteiger partial charge in [-0.15, -0.1) is 0 Å². The fourth-order valence-electron chi connectivity index (χ4n) is 2.82. The normalized spacial score (nSPS) is 13.3. The van der Waals surface area contributed by atoms with Crippen molar-refractivity contribution in [3.8, 4) is 0 Å². The lowest BCUT2D eigenvalue weighted by Crippen LogP contribution is -2.37. The zero-order chi connectivity index (χ0) is 17.2. The van der Waals surface area contributed by atoms with Gasteiger partial charge < -0.3 is 5.11 Å². The van der Waals surface area contributed by atoms with Crippen LogP contribution in [-0.4, -0.2) is 10.9 Å². The van der Waals surface area contributed by atoms with Gasteiger partial charge >= 0.3 is 0 Å². The summed E-state index contributed by atoms with van der Waals surface area (Å²) in [5, 5.41) is 11.5. The van der Waals surface area contributed by atoms with E-state index in [1.165, 1.54) is 0 Å². The highest BCUT2D eigenvalue weighted by molar-refractivity contribution is 6.05. The number of carbonyl (C=O) groups is 1. The molecule has 0 fully saturated rings. The molecule has 1 unspecified atom stereocenters. The molecule has 0 aliphatic heterocycles. The number of rotatable bonds is 4. The second kappa shape index (κ2) is 6.42. The summed E-state index contributed by atoms with van der Waals surface area (Å²) in [6, 6.07) is 23.8. The third-order valence-corrected chi connectivity index (χ3v) is 4.30. The zero-order valence-corrected chi connectivity index (χ0v) is 13.9. The van der Waals surface area contributed by atoms with Crippen LogP contribution >= 0.6 is 0 Å². The van der Waals surface area contributed by atoms with Crippen molar-refractivity contribution < 1.29 is 9.90 Å². The highest BCUT2D eigenvalue weighted by Crippen LogP contribution is 2.33. The Balaban J connectivity index is 2.17. The second-order valence-electron chi connectivity index (χ2n) is 6.14. The molecule has 0 saturated heterocycles. The van der Waals surface area contributed by atoms with Gasteiger partial charge in [0.05, 0.1) is 0 Å². The van der Waals surface area contributed by atoms with E-state index in [0.29, 0.717) is 16.7 Å². The van der Waals surface area contributed by atoms with Crippen molar-refractivity contribution in [1.29, 1.82) is 0 Å². The number of hydrogen-bond acceptors (Lipinski definition) is 2.